The van der Waals surface area contributed by atoms with Gasteiger partial charge in [-0.1, -0.05) is 23.4 Å². The lowest BCUT2D eigenvalue weighted by Crippen LogP contribution is -1.83. The van der Waals surface area contributed by atoms with E-state index in [-0.39, 0.29) is 0 Å². The van der Waals surface area contributed by atoms with E-state index < -0.39 is 0 Å². The van der Waals surface area contributed by atoms with Crippen molar-refractivity contribution in [1.82, 2.24) is 9.97 Å². The SMILES string of the molecule is Nc1ccc2oc(CSc3ccc(Cl)cn3)nc2c1. The summed E-state index contributed by atoms with van der Waals surface area (Å²) < 4.78 is 5.63. The van der Waals surface area contributed by atoms with Crippen molar-refractivity contribution in [2.24, 2.45) is 0 Å². The highest BCUT2D eigenvalue weighted by atomic mass is 35.5. The first-order chi connectivity index (χ1) is 9.20. The summed E-state index contributed by atoms with van der Waals surface area (Å²) in [6.07, 6.45) is 1.62. The van der Waals surface area contributed by atoms with Crippen molar-refractivity contribution in [2.75, 3.05) is 5.73 Å². The number of rotatable bonds is 3. The normalized spacial score (nSPS) is 11.0. The van der Waals surface area contributed by atoms with E-state index in [0.29, 0.717) is 22.4 Å². The van der Waals surface area contributed by atoms with Crippen LogP contribution in [0.1, 0.15) is 5.89 Å². The molecule has 0 aliphatic carbocycles. The largest absolute Gasteiger partial charge is 0.440 e. The molecule has 0 aliphatic rings. The number of pyridine rings is 1. The van der Waals surface area contributed by atoms with Gasteiger partial charge in [0.2, 0.25) is 5.89 Å². The van der Waals surface area contributed by atoms with Gasteiger partial charge >= 0.3 is 0 Å². The van der Waals surface area contributed by atoms with Crippen LogP contribution in [0.2, 0.25) is 5.02 Å². The van der Waals surface area contributed by atoms with Gasteiger partial charge in [-0.25, -0.2) is 9.97 Å². The Kier molecular flexibility index (Phi) is 3.31. The fourth-order valence-corrected chi connectivity index (χ4v) is 2.44. The number of hydrogen-bond acceptors (Lipinski definition) is 5. The van der Waals surface area contributed by atoms with Gasteiger partial charge in [-0.3, -0.25) is 0 Å². The number of halogens is 1. The summed E-state index contributed by atoms with van der Waals surface area (Å²) in [6, 6.07) is 9.10. The second-order valence-electron chi connectivity index (χ2n) is 3.94. The van der Waals surface area contributed by atoms with Gasteiger partial charge in [-0.15, -0.1) is 0 Å². The summed E-state index contributed by atoms with van der Waals surface area (Å²) in [5.41, 5.74) is 7.90. The third-order valence-electron chi connectivity index (χ3n) is 2.50. The van der Waals surface area contributed by atoms with E-state index in [2.05, 4.69) is 9.97 Å². The summed E-state index contributed by atoms with van der Waals surface area (Å²) in [5.74, 6) is 1.27. The number of benzene rings is 1. The van der Waals surface area contributed by atoms with Crippen molar-refractivity contribution in [3.63, 3.8) is 0 Å². The molecule has 6 heteroatoms. The molecule has 3 rings (SSSR count). The fourth-order valence-electron chi connectivity index (χ4n) is 1.64. The minimum atomic E-state index is 0.614. The van der Waals surface area contributed by atoms with Crippen LogP contribution in [0.5, 0.6) is 0 Å². The molecule has 2 N–H and O–H groups in total. The number of fused-ring (bicyclic) bond motifs is 1. The summed E-state index contributed by atoms with van der Waals surface area (Å²) in [5, 5.41) is 1.51. The number of hydrogen-bond donors (Lipinski definition) is 1. The molecule has 96 valence electrons. The molecule has 0 unspecified atom stereocenters. The first-order valence-electron chi connectivity index (χ1n) is 5.60. The van der Waals surface area contributed by atoms with Gasteiger partial charge in [-0.2, -0.15) is 0 Å². The average molecular weight is 292 g/mol. The van der Waals surface area contributed by atoms with Gasteiger partial charge in [0.15, 0.2) is 5.58 Å². The van der Waals surface area contributed by atoms with Crippen molar-refractivity contribution in [3.05, 3.63) is 47.4 Å². The van der Waals surface area contributed by atoms with Crippen molar-refractivity contribution in [1.29, 1.82) is 0 Å². The van der Waals surface area contributed by atoms with Gasteiger partial charge in [0.05, 0.1) is 15.8 Å². The smallest absolute Gasteiger partial charge is 0.205 e. The van der Waals surface area contributed by atoms with Gasteiger partial charge in [0, 0.05) is 11.9 Å². The number of nitrogens with zero attached hydrogens (tertiary/aromatic N) is 2. The number of thioether (sulfide) groups is 1. The first-order valence-corrected chi connectivity index (χ1v) is 6.96. The van der Waals surface area contributed by atoms with Crippen LogP contribution in [0, 0.1) is 0 Å². The molecule has 2 heterocycles. The number of nitrogens with two attached hydrogens (primary N) is 1. The zero-order chi connectivity index (χ0) is 13.2. The number of nitrogen functional groups attached to an aromatic ring is 1. The molecule has 0 amide bonds. The topological polar surface area (TPSA) is 64.9 Å². The Morgan fingerprint density at radius 2 is 2.16 bits per heavy atom. The fraction of sp³-hybridized carbons (Fsp3) is 0.0769. The van der Waals surface area contributed by atoms with Crippen molar-refractivity contribution in [2.45, 2.75) is 10.8 Å². The minimum absolute atomic E-state index is 0.614. The van der Waals surface area contributed by atoms with Crippen LogP contribution < -0.4 is 5.73 Å². The van der Waals surface area contributed by atoms with Crippen LogP contribution >= 0.6 is 23.4 Å². The molecule has 0 fully saturated rings. The van der Waals surface area contributed by atoms with Crippen LogP contribution in [0.15, 0.2) is 46.0 Å². The molecule has 0 aliphatic heterocycles. The Balaban J connectivity index is 1.76. The average Bonchev–Trinajstić information content (AvgIpc) is 2.80. The van der Waals surface area contributed by atoms with Crippen LogP contribution in [-0.4, -0.2) is 9.97 Å². The summed E-state index contributed by atoms with van der Waals surface area (Å²) in [7, 11) is 0. The zero-order valence-electron chi connectivity index (χ0n) is 9.84. The Bertz CT molecular complexity index is 711. The van der Waals surface area contributed by atoms with E-state index in [1.807, 2.05) is 18.2 Å². The summed E-state index contributed by atoms with van der Waals surface area (Å²) in [6.45, 7) is 0. The molecule has 0 spiro atoms. The van der Waals surface area contributed by atoms with E-state index in [0.717, 1.165) is 16.1 Å². The second-order valence-corrected chi connectivity index (χ2v) is 5.37. The van der Waals surface area contributed by atoms with Crippen molar-refractivity contribution in [3.8, 4) is 0 Å². The van der Waals surface area contributed by atoms with E-state index in [1.165, 1.54) is 0 Å². The maximum atomic E-state index is 5.78. The predicted molar refractivity (Wildman–Crippen MR) is 77.2 cm³/mol. The van der Waals surface area contributed by atoms with Gasteiger partial charge in [0.25, 0.3) is 0 Å². The molecule has 0 saturated carbocycles. The summed E-state index contributed by atoms with van der Waals surface area (Å²) in [4.78, 5) is 8.59. The first kappa shape index (κ1) is 12.3. The van der Waals surface area contributed by atoms with E-state index in [1.54, 1.807) is 30.1 Å². The summed E-state index contributed by atoms with van der Waals surface area (Å²) >= 11 is 7.33. The maximum Gasteiger partial charge on any atom is 0.205 e. The monoisotopic (exact) mass is 291 g/mol. The van der Waals surface area contributed by atoms with Crippen LogP contribution in [-0.2, 0) is 5.75 Å². The quantitative estimate of drug-likeness (QED) is 0.588. The number of anilines is 1. The third-order valence-corrected chi connectivity index (χ3v) is 3.65. The highest BCUT2D eigenvalue weighted by molar-refractivity contribution is 7.98. The van der Waals surface area contributed by atoms with E-state index in [9.17, 15) is 0 Å². The standard InChI is InChI=1S/C13H10ClN3OS/c14-8-1-4-13(16-6-8)19-7-12-17-10-5-9(15)2-3-11(10)18-12/h1-6H,7,15H2. The molecule has 3 aromatic rings. The molecule has 4 nitrogen and oxygen atoms in total. The molecule has 0 atom stereocenters. The molecule has 19 heavy (non-hydrogen) atoms. The highest BCUT2D eigenvalue weighted by Gasteiger charge is 2.07. The van der Waals surface area contributed by atoms with Gasteiger partial charge in [-0.05, 0) is 30.3 Å². The second kappa shape index (κ2) is 5.11. The molecule has 0 saturated heterocycles. The third kappa shape index (κ3) is 2.83. The number of oxazole rings is 1. The lowest BCUT2D eigenvalue weighted by molar-refractivity contribution is 0.556. The molecule has 2 aromatic heterocycles. The lowest BCUT2D eigenvalue weighted by Gasteiger charge is -1.97. The maximum absolute atomic E-state index is 5.78. The molecular weight excluding hydrogens is 282 g/mol. The molecule has 0 radical (unpaired) electrons. The van der Waals surface area contributed by atoms with Gasteiger partial charge < -0.3 is 10.2 Å². The molecule has 1 aromatic carbocycles. The lowest BCUT2D eigenvalue weighted by atomic mass is 10.3. The van der Waals surface area contributed by atoms with Crippen molar-refractivity contribution < 1.29 is 4.42 Å². The number of aromatic nitrogens is 2. The van der Waals surface area contributed by atoms with Crippen LogP contribution in [0.4, 0.5) is 5.69 Å². The Morgan fingerprint density at radius 1 is 1.26 bits per heavy atom. The Labute approximate surface area is 119 Å². The minimum Gasteiger partial charge on any atom is -0.440 e. The van der Waals surface area contributed by atoms with Crippen LogP contribution in [0.3, 0.4) is 0 Å². The highest BCUT2D eigenvalue weighted by Crippen LogP contribution is 2.24. The predicted octanol–water partition coefficient (Wildman–Crippen LogP) is 3.75. The Morgan fingerprint density at radius 3 is 2.95 bits per heavy atom. The van der Waals surface area contributed by atoms with Gasteiger partial charge in [0.1, 0.15) is 5.52 Å². The van der Waals surface area contributed by atoms with E-state index >= 15 is 0 Å². The Hall–Kier alpha value is -1.72. The molecule has 0 bridgehead atoms. The molecular formula is C13H10ClN3OS. The van der Waals surface area contributed by atoms with E-state index in [4.69, 9.17) is 21.8 Å². The van der Waals surface area contributed by atoms with Crippen LogP contribution in [0.25, 0.3) is 11.1 Å². The van der Waals surface area contributed by atoms with Crippen molar-refractivity contribution >= 4 is 40.1 Å². The zero-order valence-corrected chi connectivity index (χ0v) is 11.4.